The molecule has 2 unspecified atom stereocenters. The zero-order valence-electron chi connectivity index (χ0n) is 10.7. The molecule has 0 aromatic carbocycles. The topological polar surface area (TPSA) is 51.4 Å². The summed E-state index contributed by atoms with van der Waals surface area (Å²) in [4.78, 5) is 5.67. The van der Waals surface area contributed by atoms with Gasteiger partial charge in [-0.3, -0.25) is 0 Å². The van der Waals surface area contributed by atoms with Gasteiger partial charge in [0.2, 0.25) is 0 Å². The second-order valence-electron chi connectivity index (χ2n) is 4.68. The minimum absolute atomic E-state index is 0.00961. The van der Waals surface area contributed by atoms with Gasteiger partial charge in [-0.1, -0.05) is 0 Å². The molecule has 2 atom stereocenters. The van der Waals surface area contributed by atoms with Gasteiger partial charge in [0.25, 0.3) is 0 Å². The Bertz CT molecular complexity index is 464. The van der Waals surface area contributed by atoms with Crippen molar-refractivity contribution in [1.82, 2.24) is 4.98 Å². The molecule has 0 spiro atoms. The van der Waals surface area contributed by atoms with Gasteiger partial charge in [0.1, 0.15) is 11.6 Å². The number of hydrogen-bond acceptors (Lipinski definition) is 4. The number of rotatable bonds is 2. The van der Waals surface area contributed by atoms with Crippen molar-refractivity contribution in [2.75, 3.05) is 24.3 Å². The van der Waals surface area contributed by atoms with Gasteiger partial charge in [0, 0.05) is 13.7 Å². The Labute approximate surface area is 109 Å². The molecule has 0 radical (unpaired) electrons. The predicted molar refractivity (Wildman–Crippen MR) is 65.9 cm³/mol. The summed E-state index contributed by atoms with van der Waals surface area (Å²) in [5, 5.41) is 0. The molecule has 1 fully saturated rings. The van der Waals surface area contributed by atoms with Crippen LogP contribution in [0.3, 0.4) is 0 Å². The molecule has 0 amide bonds. The van der Waals surface area contributed by atoms with Gasteiger partial charge in [-0.15, -0.1) is 0 Å². The van der Waals surface area contributed by atoms with Crippen LogP contribution >= 0.6 is 0 Å². The van der Waals surface area contributed by atoms with E-state index in [2.05, 4.69) is 4.98 Å². The molecule has 1 aliphatic heterocycles. The van der Waals surface area contributed by atoms with E-state index >= 15 is 0 Å². The summed E-state index contributed by atoms with van der Waals surface area (Å²) >= 11 is 0. The lowest BCUT2D eigenvalue weighted by Crippen LogP contribution is -2.37. The first-order valence-corrected chi connectivity index (χ1v) is 5.98. The smallest absolute Gasteiger partial charge is 0.384 e. The quantitative estimate of drug-likeness (QED) is 0.899. The summed E-state index contributed by atoms with van der Waals surface area (Å²) < 4.78 is 43.6. The van der Waals surface area contributed by atoms with Crippen molar-refractivity contribution in [1.29, 1.82) is 0 Å². The van der Waals surface area contributed by atoms with E-state index in [1.54, 1.807) is 11.9 Å². The molecule has 106 valence electrons. The number of nitrogens with two attached hydrogens (primary N) is 1. The van der Waals surface area contributed by atoms with E-state index in [-0.39, 0.29) is 23.8 Å². The van der Waals surface area contributed by atoms with Crippen LogP contribution in [0, 0.1) is 0 Å². The van der Waals surface area contributed by atoms with Gasteiger partial charge in [-0.05, 0) is 25.5 Å². The number of aromatic nitrogens is 1. The van der Waals surface area contributed by atoms with E-state index in [1.165, 1.54) is 0 Å². The summed E-state index contributed by atoms with van der Waals surface area (Å²) in [6, 6.07) is 1.86. The zero-order valence-corrected chi connectivity index (χ0v) is 10.7. The molecule has 1 aliphatic rings. The van der Waals surface area contributed by atoms with E-state index in [0.717, 1.165) is 18.6 Å². The minimum atomic E-state index is -4.43. The highest BCUT2D eigenvalue weighted by atomic mass is 19.4. The van der Waals surface area contributed by atoms with Gasteiger partial charge < -0.3 is 15.4 Å². The van der Waals surface area contributed by atoms with Crippen LogP contribution in [0.1, 0.15) is 18.9 Å². The van der Waals surface area contributed by atoms with Crippen molar-refractivity contribution in [3.8, 4) is 0 Å². The number of nitrogen functional groups attached to an aromatic ring is 1. The molecule has 0 bridgehead atoms. The Morgan fingerprint density at radius 1 is 1.42 bits per heavy atom. The lowest BCUT2D eigenvalue weighted by Gasteiger charge is -2.28. The minimum Gasteiger partial charge on any atom is -0.384 e. The van der Waals surface area contributed by atoms with Crippen molar-refractivity contribution in [2.24, 2.45) is 0 Å². The number of likely N-dealkylation sites (N-methyl/N-ethyl adjacent to an activating group) is 1. The van der Waals surface area contributed by atoms with Gasteiger partial charge in [0.05, 0.1) is 17.7 Å². The maximum absolute atomic E-state index is 12.7. The lowest BCUT2D eigenvalue weighted by molar-refractivity contribution is -0.137. The van der Waals surface area contributed by atoms with Crippen molar-refractivity contribution < 1.29 is 17.9 Å². The summed E-state index contributed by atoms with van der Waals surface area (Å²) in [6.45, 7) is 2.50. The molecule has 2 N–H and O–H groups in total. The fourth-order valence-electron chi connectivity index (χ4n) is 2.28. The van der Waals surface area contributed by atoms with Crippen LogP contribution in [0.15, 0.2) is 12.1 Å². The Balaban J connectivity index is 2.31. The second kappa shape index (κ2) is 4.88. The summed E-state index contributed by atoms with van der Waals surface area (Å²) in [5.74, 6) is 0.0814. The summed E-state index contributed by atoms with van der Waals surface area (Å²) in [5.41, 5.74) is 4.67. The fraction of sp³-hybridized carbons (Fsp3) is 0.583. The number of pyridine rings is 1. The molecule has 2 rings (SSSR count). The fourth-order valence-corrected chi connectivity index (χ4v) is 2.28. The standard InChI is InChI=1S/C12H16F3N3O/c1-7-9(3-4-19-7)18(2)11-6-8(12(13,14)15)5-10(16)17-11/h5-7,9H,3-4H2,1-2H3,(H2,16,17). The predicted octanol–water partition coefficient (Wildman–Crippen LogP) is 2.30. The molecule has 1 aromatic heterocycles. The molecule has 4 nitrogen and oxygen atoms in total. The first-order valence-electron chi connectivity index (χ1n) is 5.98. The molecule has 1 saturated heterocycles. The number of nitrogens with zero attached hydrogens (tertiary/aromatic N) is 2. The highest BCUT2D eigenvalue weighted by Crippen LogP contribution is 2.33. The summed E-state index contributed by atoms with van der Waals surface area (Å²) in [6.07, 6.45) is -3.71. The Kier molecular flexibility index (Phi) is 3.58. The van der Waals surface area contributed by atoms with Crippen molar-refractivity contribution in [2.45, 2.75) is 31.7 Å². The maximum Gasteiger partial charge on any atom is 0.416 e. The molecule has 0 saturated carbocycles. The van der Waals surface area contributed by atoms with E-state index in [1.807, 2.05) is 6.92 Å². The number of ether oxygens (including phenoxy) is 1. The van der Waals surface area contributed by atoms with Crippen LogP contribution < -0.4 is 10.6 Å². The van der Waals surface area contributed by atoms with Crippen LogP contribution in [0.5, 0.6) is 0 Å². The second-order valence-corrected chi connectivity index (χ2v) is 4.68. The molecule has 0 aliphatic carbocycles. The first kappa shape index (κ1) is 13.9. The maximum atomic E-state index is 12.7. The number of hydrogen-bond donors (Lipinski definition) is 1. The van der Waals surface area contributed by atoms with Gasteiger partial charge in [-0.2, -0.15) is 13.2 Å². The highest BCUT2D eigenvalue weighted by molar-refractivity contribution is 5.49. The van der Waals surface area contributed by atoms with Crippen molar-refractivity contribution in [3.05, 3.63) is 17.7 Å². The molecular weight excluding hydrogens is 259 g/mol. The SMILES string of the molecule is CC1OCCC1N(C)c1cc(C(F)(F)F)cc(N)n1. The van der Waals surface area contributed by atoms with Crippen LogP contribution in [0.4, 0.5) is 24.8 Å². The molecule has 7 heteroatoms. The molecule has 2 heterocycles. The molecular formula is C12H16F3N3O. The highest BCUT2D eigenvalue weighted by Gasteiger charge is 2.33. The van der Waals surface area contributed by atoms with E-state index in [0.29, 0.717) is 6.61 Å². The Morgan fingerprint density at radius 2 is 2.11 bits per heavy atom. The third-order valence-corrected chi connectivity index (χ3v) is 3.35. The number of halogens is 3. The number of anilines is 2. The van der Waals surface area contributed by atoms with Gasteiger partial charge >= 0.3 is 6.18 Å². The van der Waals surface area contributed by atoms with E-state index in [4.69, 9.17) is 10.5 Å². The van der Waals surface area contributed by atoms with Crippen molar-refractivity contribution in [3.63, 3.8) is 0 Å². The Morgan fingerprint density at radius 3 is 2.63 bits per heavy atom. The summed E-state index contributed by atoms with van der Waals surface area (Å²) in [7, 11) is 1.71. The third kappa shape index (κ3) is 2.91. The van der Waals surface area contributed by atoms with Crippen LogP contribution in [0.2, 0.25) is 0 Å². The molecule has 1 aromatic rings. The first-order chi connectivity index (χ1) is 8.79. The number of alkyl halides is 3. The average Bonchev–Trinajstić information content (AvgIpc) is 2.72. The van der Waals surface area contributed by atoms with Gasteiger partial charge in [-0.25, -0.2) is 4.98 Å². The largest absolute Gasteiger partial charge is 0.416 e. The normalized spacial score (nSPS) is 23.6. The van der Waals surface area contributed by atoms with Gasteiger partial charge in [0.15, 0.2) is 0 Å². The van der Waals surface area contributed by atoms with E-state index < -0.39 is 11.7 Å². The average molecular weight is 275 g/mol. The van der Waals surface area contributed by atoms with Crippen molar-refractivity contribution >= 4 is 11.6 Å². The molecule has 19 heavy (non-hydrogen) atoms. The third-order valence-electron chi connectivity index (χ3n) is 3.35. The van der Waals surface area contributed by atoms with Crippen LogP contribution in [-0.4, -0.2) is 30.8 Å². The van der Waals surface area contributed by atoms with Crippen LogP contribution in [-0.2, 0) is 10.9 Å². The lowest BCUT2D eigenvalue weighted by atomic mass is 10.1. The monoisotopic (exact) mass is 275 g/mol. The van der Waals surface area contributed by atoms with Crippen LogP contribution in [0.25, 0.3) is 0 Å². The zero-order chi connectivity index (χ0) is 14.2. The Hall–Kier alpha value is -1.50. The van der Waals surface area contributed by atoms with E-state index in [9.17, 15) is 13.2 Å².